The van der Waals surface area contributed by atoms with Crippen molar-refractivity contribution in [2.45, 2.75) is 96.1 Å². The van der Waals surface area contributed by atoms with Gasteiger partial charge in [-0.05, 0) is 56.5 Å². The van der Waals surface area contributed by atoms with Crippen LogP contribution in [0, 0.1) is 0 Å². The number of ether oxygens (including phenoxy) is 5. The Kier molecular flexibility index (Phi) is 11.5. The number of aldehydes is 1. The third kappa shape index (κ3) is 9.82. The molecule has 0 spiro atoms. The van der Waals surface area contributed by atoms with Crippen LogP contribution in [0.2, 0.25) is 18.1 Å². The van der Waals surface area contributed by atoms with Crippen LogP contribution in [-0.4, -0.2) is 72.9 Å². The SMILES string of the molecule is COCO[C@H](CO[Si](C)(C)C(C)(C)C)C[C@@H]1OC(C)(C)O[C@@H]1CC/C(=C/C=O)COC. The molecule has 3 atom stereocenters. The normalized spacial score (nSPS) is 23.2. The van der Waals surface area contributed by atoms with E-state index in [-0.39, 0.29) is 30.1 Å². The zero-order valence-corrected chi connectivity index (χ0v) is 22.0. The molecule has 0 bridgehead atoms. The zero-order valence-electron chi connectivity index (χ0n) is 21.0. The number of allylic oxidation sites excluding steroid dienone is 1. The van der Waals surface area contributed by atoms with Crippen molar-refractivity contribution in [3.63, 3.8) is 0 Å². The van der Waals surface area contributed by atoms with Gasteiger partial charge in [0.15, 0.2) is 14.1 Å². The first-order chi connectivity index (χ1) is 14.3. The van der Waals surface area contributed by atoms with E-state index in [1.165, 1.54) is 0 Å². The Hall–Kier alpha value is -0.613. The van der Waals surface area contributed by atoms with Crippen LogP contribution in [-0.2, 0) is 32.9 Å². The van der Waals surface area contributed by atoms with Crippen LogP contribution in [0.5, 0.6) is 0 Å². The molecule has 0 N–H and O–H groups in total. The van der Waals surface area contributed by atoms with Crippen molar-refractivity contribution in [3.8, 4) is 0 Å². The van der Waals surface area contributed by atoms with E-state index in [4.69, 9.17) is 28.1 Å². The second-order valence-electron chi connectivity index (χ2n) is 10.1. The monoisotopic (exact) mass is 460 g/mol. The zero-order chi connectivity index (χ0) is 23.7. The largest absolute Gasteiger partial charge is 0.414 e. The molecule has 0 saturated carbocycles. The van der Waals surface area contributed by atoms with Gasteiger partial charge in [0.05, 0.1) is 31.5 Å². The fourth-order valence-electron chi connectivity index (χ4n) is 3.29. The second-order valence-corrected chi connectivity index (χ2v) is 15.0. The summed E-state index contributed by atoms with van der Waals surface area (Å²) in [4.78, 5) is 10.9. The molecule has 7 nitrogen and oxygen atoms in total. The van der Waals surface area contributed by atoms with E-state index in [0.717, 1.165) is 18.3 Å². The van der Waals surface area contributed by atoms with Gasteiger partial charge in [0.25, 0.3) is 0 Å². The van der Waals surface area contributed by atoms with Crippen molar-refractivity contribution in [3.05, 3.63) is 11.6 Å². The van der Waals surface area contributed by atoms with E-state index < -0.39 is 14.1 Å². The number of rotatable bonds is 14. The van der Waals surface area contributed by atoms with E-state index >= 15 is 0 Å². The molecular weight excluding hydrogens is 416 g/mol. The number of hydrogen-bond donors (Lipinski definition) is 0. The average Bonchev–Trinajstić information content (AvgIpc) is 2.94. The molecule has 1 saturated heterocycles. The topological polar surface area (TPSA) is 72.5 Å². The molecule has 0 aliphatic carbocycles. The summed E-state index contributed by atoms with van der Waals surface area (Å²) in [5, 5.41) is 0.124. The number of carbonyl (C=O) groups excluding carboxylic acids is 1. The minimum absolute atomic E-state index is 0.108. The van der Waals surface area contributed by atoms with Gasteiger partial charge in [-0.25, -0.2) is 0 Å². The van der Waals surface area contributed by atoms with Crippen molar-refractivity contribution in [1.82, 2.24) is 0 Å². The van der Waals surface area contributed by atoms with E-state index in [9.17, 15) is 4.79 Å². The summed E-state index contributed by atoms with van der Waals surface area (Å²) in [5.41, 5.74) is 0.943. The maximum atomic E-state index is 10.9. The summed E-state index contributed by atoms with van der Waals surface area (Å²) >= 11 is 0. The molecular formula is C23H44O7Si. The first kappa shape index (κ1) is 28.4. The number of hydrogen-bond acceptors (Lipinski definition) is 7. The molecule has 0 aromatic rings. The van der Waals surface area contributed by atoms with Crippen molar-refractivity contribution in [2.75, 3.05) is 34.2 Å². The van der Waals surface area contributed by atoms with Gasteiger partial charge < -0.3 is 28.1 Å². The van der Waals surface area contributed by atoms with Crippen LogP contribution in [0.25, 0.3) is 0 Å². The Labute approximate surface area is 189 Å². The molecule has 0 amide bonds. The molecule has 1 aliphatic rings. The molecule has 0 radical (unpaired) electrons. The minimum atomic E-state index is -1.90. The van der Waals surface area contributed by atoms with Gasteiger partial charge in [0.2, 0.25) is 0 Å². The molecule has 0 aromatic carbocycles. The lowest BCUT2D eigenvalue weighted by molar-refractivity contribution is -0.153. The van der Waals surface area contributed by atoms with Crippen LogP contribution < -0.4 is 0 Å². The van der Waals surface area contributed by atoms with Crippen LogP contribution >= 0.6 is 0 Å². The molecule has 8 heteroatoms. The third-order valence-corrected chi connectivity index (χ3v) is 10.5. The van der Waals surface area contributed by atoms with Gasteiger partial charge >= 0.3 is 0 Å². The van der Waals surface area contributed by atoms with Gasteiger partial charge in [-0.1, -0.05) is 20.8 Å². The highest BCUT2D eigenvalue weighted by molar-refractivity contribution is 6.74. The molecule has 1 heterocycles. The van der Waals surface area contributed by atoms with Crippen molar-refractivity contribution < 1.29 is 32.9 Å². The average molecular weight is 461 g/mol. The van der Waals surface area contributed by atoms with E-state index in [1.54, 1.807) is 20.3 Å². The van der Waals surface area contributed by atoms with Crippen LogP contribution in [0.4, 0.5) is 0 Å². The highest BCUT2D eigenvalue weighted by Gasteiger charge is 2.43. The molecule has 1 fully saturated rings. The Balaban J connectivity index is 2.83. The minimum Gasteiger partial charge on any atom is -0.414 e. The second kappa shape index (κ2) is 12.6. The van der Waals surface area contributed by atoms with E-state index in [2.05, 4.69) is 33.9 Å². The van der Waals surface area contributed by atoms with E-state index in [1.807, 2.05) is 13.8 Å². The first-order valence-corrected chi connectivity index (χ1v) is 14.0. The standard InChI is InChI=1S/C23H44O7Si/c1-22(2,3)31(8,9)28-16-19(27-17-26-7)14-21-20(29-23(4,5)30-21)11-10-18(12-13-24)15-25-6/h12-13,19-21H,10-11,14-17H2,1-9H3/b18-12-/t19-,20+,21-/m0/s1. The van der Waals surface area contributed by atoms with Crippen LogP contribution in [0.1, 0.15) is 53.9 Å². The first-order valence-electron chi connectivity index (χ1n) is 11.1. The van der Waals surface area contributed by atoms with Crippen molar-refractivity contribution in [1.29, 1.82) is 0 Å². The summed E-state index contributed by atoms with van der Waals surface area (Å²) in [6.07, 6.45) is 4.04. The maximum absolute atomic E-state index is 10.9. The Morgan fingerprint density at radius 3 is 2.32 bits per heavy atom. The van der Waals surface area contributed by atoms with E-state index in [0.29, 0.717) is 26.1 Å². The summed E-state index contributed by atoms with van der Waals surface area (Å²) in [6.45, 7) is 16.1. The highest BCUT2D eigenvalue weighted by atomic mass is 28.4. The summed E-state index contributed by atoms with van der Waals surface area (Å²) in [7, 11) is 1.34. The summed E-state index contributed by atoms with van der Waals surface area (Å²) in [6, 6.07) is 0. The number of methoxy groups -OCH3 is 2. The lowest BCUT2D eigenvalue weighted by Crippen LogP contribution is -2.44. The van der Waals surface area contributed by atoms with Crippen molar-refractivity contribution >= 4 is 14.6 Å². The fourth-order valence-corrected chi connectivity index (χ4v) is 4.33. The van der Waals surface area contributed by atoms with Gasteiger partial charge in [0, 0.05) is 20.6 Å². The third-order valence-electron chi connectivity index (χ3n) is 6.02. The van der Waals surface area contributed by atoms with Crippen LogP contribution in [0.15, 0.2) is 11.6 Å². The molecule has 1 aliphatic heterocycles. The molecule has 1 rings (SSSR count). The smallest absolute Gasteiger partial charge is 0.192 e. The molecule has 182 valence electrons. The van der Waals surface area contributed by atoms with Gasteiger partial charge in [-0.15, -0.1) is 0 Å². The molecule has 0 unspecified atom stereocenters. The van der Waals surface area contributed by atoms with Gasteiger partial charge in [-0.3, -0.25) is 4.79 Å². The van der Waals surface area contributed by atoms with Gasteiger partial charge in [-0.2, -0.15) is 0 Å². The van der Waals surface area contributed by atoms with Crippen LogP contribution in [0.3, 0.4) is 0 Å². The Morgan fingerprint density at radius 2 is 1.77 bits per heavy atom. The van der Waals surface area contributed by atoms with Gasteiger partial charge in [0.1, 0.15) is 13.1 Å². The highest BCUT2D eigenvalue weighted by Crippen LogP contribution is 2.37. The predicted molar refractivity (Wildman–Crippen MR) is 124 cm³/mol. The number of carbonyl (C=O) groups is 1. The summed E-state index contributed by atoms with van der Waals surface area (Å²) < 4.78 is 35.1. The molecule has 0 aromatic heterocycles. The quantitative estimate of drug-likeness (QED) is 0.164. The fraction of sp³-hybridized carbons (Fsp3) is 0.870. The van der Waals surface area contributed by atoms with Crippen molar-refractivity contribution in [2.24, 2.45) is 0 Å². The lowest BCUT2D eigenvalue weighted by Gasteiger charge is -2.37. The maximum Gasteiger partial charge on any atom is 0.192 e. The Bertz CT molecular complexity index is 569. The lowest BCUT2D eigenvalue weighted by atomic mass is 10.00. The Morgan fingerprint density at radius 1 is 1.13 bits per heavy atom. The predicted octanol–water partition coefficient (Wildman–Crippen LogP) is 4.46. The molecule has 31 heavy (non-hydrogen) atoms. The summed E-state index contributed by atoms with van der Waals surface area (Å²) in [5.74, 6) is -0.669.